The van der Waals surface area contributed by atoms with Crippen LogP contribution in [0.1, 0.15) is 32.1 Å². The smallest absolute Gasteiger partial charge is 0.0837 e. The topological polar surface area (TPSA) is 55.5 Å². The maximum atomic E-state index is 9.47. The number of hydrogen-bond donors (Lipinski definition) is 2. The van der Waals surface area contributed by atoms with Crippen LogP contribution in [-0.2, 0) is 4.74 Å². The Morgan fingerprint density at radius 1 is 1.25 bits per heavy atom. The first-order valence-electron chi connectivity index (χ1n) is 4.85. The molecule has 0 bridgehead atoms. The van der Waals surface area contributed by atoms with Gasteiger partial charge in [-0.1, -0.05) is 0 Å². The Balaban J connectivity index is 1.72. The van der Waals surface area contributed by atoms with E-state index in [1.165, 1.54) is 0 Å². The van der Waals surface area contributed by atoms with E-state index in [1.807, 2.05) is 0 Å². The lowest BCUT2D eigenvalue weighted by Crippen LogP contribution is -2.44. The first-order valence-corrected chi connectivity index (χ1v) is 4.85. The summed E-state index contributed by atoms with van der Waals surface area (Å²) in [7, 11) is 0. The molecule has 3 N–H and O–H groups in total. The predicted octanol–water partition coefficient (Wildman–Crippen LogP) is 0.406. The van der Waals surface area contributed by atoms with Crippen LogP contribution in [0.4, 0.5) is 0 Å². The lowest BCUT2D eigenvalue weighted by Gasteiger charge is -2.35. The van der Waals surface area contributed by atoms with Crippen LogP contribution in [0.15, 0.2) is 0 Å². The molecular weight excluding hydrogens is 154 g/mol. The Bertz CT molecular complexity index is 157. The first-order chi connectivity index (χ1) is 5.75. The second kappa shape index (κ2) is 3.32. The van der Waals surface area contributed by atoms with Crippen molar-refractivity contribution in [2.75, 3.05) is 0 Å². The fourth-order valence-corrected chi connectivity index (χ4v) is 2.03. The van der Waals surface area contributed by atoms with E-state index in [1.54, 1.807) is 0 Å². The largest absolute Gasteiger partial charge is 0.390 e. The highest BCUT2D eigenvalue weighted by Gasteiger charge is 2.33. The molecule has 2 aliphatic carbocycles. The van der Waals surface area contributed by atoms with Crippen molar-refractivity contribution < 1.29 is 9.84 Å². The quantitative estimate of drug-likeness (QED) is 0.632. The van der Waals surface area contributed by atoms with Crippen molar-refractivity contribution >= 4 is 0 Å². The summed E-state index contributed by atoms with van der Waals surface area (Å²) in [6, 6.07) is 0.341. The van der Waals surface area contributed by atoms with Crippen molar-refractivity contribution in [2.45, 2.75) is 56.5 Å². The highest BCUT2D eigenvalue weighted by atomic mass is 16.5. The molecule has 2 rings (SSSR count). The lowest BCUT2D eigenvalue weighted by molar-refractivity contribution is -0.0941. The van der Waals surface area contributed by atoms with Crippen molar-refractivity contribution in [1.82, 2.24) is 0 Å². The summed E-state index contributed by atoms with van der Waals surface area (Å²) < 4.78 is 5.70. The molecule has 0 aromatic carbocycles. The molecule has 2 saturated carbocycles. The third-order valence-corrected chi connectivity index (χ3v) is 2.92. The van der Waals surface area contributed by atoms with Gasteiger partial charge in [0.05, 0.1) is 18.3 Å². The van der Waals surface area contributed by atoms with Gasteiger partial charge in [0.25, 0.3) is 0 Å². The van der Waals surface area contributed by atoms with Gasteiger partial charge < -0.3 is 15.6 Å². The average Bonchev–Trinajstić information content (AvgIpc) is 2.33. The van der Waals surface area contributed by atoms with Gasteiger partial charge in [0.2, 0.25) is 0 Å². The Morgan fingerprint density at radius 2 is 2.00 bits per heavy atom. The molecule has 0 aromatic rings. The van der Waals surface area contributed by atoms with E-state index in [2.05, 4.69) is 0 Å². The second-order valence-electron chi connectivity index (χ2n) is 4.03. The molecular formula is C9H17NO2. The molecule has 70 valence electrons. The minimum Gasteiger partial charge on any atom is -0.390 e. The number of ether oxygens (including phenoxy) is 1. The molecule has 2 unspecified atom stereocenters. The minimum atomic E-state index is -0.221. The van der Waals surface area contributed by atoms with Gasteiger partial charge in [-0.2, -0.15) is 0 Å². The van der Waals surface area contributed by atoms with E-state index in [-0.39, 0.29) is 12.2 Å². The molecule has 0 saturated heterocycles. The molecule has 0 spiro atoms. The zero-order valence-electron chi connectivity index (χ0n) is 7.28. The van der Waals surface area contributed by atoms with Gasteiger partial charge in [-0.15, -0.1) is 0 Å². The fraction of sp³-hybridized carbons (Fsp3) is 1.00. The summed E-state index contributed by atoms with van der Waals surface area (Å²) in [6.45, 7) is 0. The van der Waals surface area contributed by atoms with Crippen molar-refractivity contribution in [2.24, 2.45) is 5.73 Å². The summed E-state index contributed by atoms with van der Waals surface area (Å²) in [5.41, 5.74) is 5.64. The van der Waals surface area contributed by atoms with Crippen LogP contribution in [0.2, 0.25) is 0 Å². The summed E-state index contributed by atoms with van der Waals surface area (Å²) in [6.07, 6.45) is 5.19. The van der Waals surface area contributed by atoms with Crippen LogP contribution in [0.25, 0.3) is 0 Å². The zero-order valence-corrected chi connectivity index (χ0v) is 7.28. The summed E-state index contributed by atoms with van der Waals surface area (Å²) in [5, 5.41) is 9.47. The van der Waals surface area contributed by atoms with E-state index in [9.17, 15) is 5.11 Å². The minimum absolute atomic E-state index is 0.0995. The zero-order chi connectivity index (χ0) is 8.55. The molecule has 0 aromatic heterocycles. The molecule has 0 radical (unpaired) electrons. The van der Waals surface area contributed by atoms with Gasteiger partial charge in [-0.25, -0.2) is 0 Å². The van der Waals surface area contributed by atoms with Crippen LogP contribution in [0.5, 0.6) is 0 Å². The lowest BCUT2D eigenvalue weighted by atomic mass is 9.90. The highest BCUT2D eigenvalue weighted by Crippen LogP contribution is 2.29. The van der Waals surface area contributed by atoms with Gasteiger partial charge in [0, 0.05) is 6.04 Å². The summed E-state index contributed by atoms with van der Waals surface area (Å²) in [5.74, 6) is 0. The first kappa shape index (κ1) is 8.48. The molecule has 3 nitrogen and oxygen atoms in total. The standard InChI is InChI=1S/C9H17NO2/c10-6-4-7(5-6)12-9-3-1-2-8(9)11/h6-9,11H,1-5,10H2. The maximum Gasteiger partial charge on any atom is 0.0837 e. The Hall–Kier alpha value is -0.120. The van der Waals surface area contributed by atoms with Crippen LogP contribution < -0.4 is 5.73 Å². The van der Waals surface area contributed by atoms with Crippen LogP contribution in [0, 0.1) is 0 Å². The number of nitrogens with two attached hydrogens (primary N) is 1. The van der Waals surface area contributed by atoms with Crippen molar-refractivity contribution in [3.8, 4) is 0 Å². The third kappa shape index (κ3) is 1.63. The van der Waals surface area contributed by atoms with Crippen molar-refractivity contribution in [3.05, 3.63) is 0 Å². The van der Waals surface area contributed by atoms with Crippen LogP contribution in [0.3, 0.4) is 0 Å². The van der Waals surface area contributed by atoms with Gasteiger partial charge in [-0.05, 0) is 32.1 Å². The number of hydrogen-bond acceptors (Lipinski definition) is 3. The van der Waals surface area contributed by atoms with E-state index in [0.29, 0.717) is 12.1 Å². The van der Waals surface area contributed by atoms with Gasteiger partial charge in [0.15, 0.2) is 0 Å². The molecule has 0 amide bonds. The molecule has 2 atom stereocenters. The van der Waals surface area contributed by atoms with Crippen LogP contribution >= 0.6 is 0 Å². The Kier molecular flexibility index (Phi) is 2.35. The molecule has 0 heterocycles. The Labute approximate surface area is 72.9 Å². The number of aliphatic hydroxyl groups is 1. The van der Waals surface area contributed by atoms with Gasteiger partial charge in [-0.3, -0.25) is 0 Å². The predicted molar refractivity (Wildman–Crippen MR) is 45.7 cm³/mol. The molecule has 0 aliphatic heterocycles. The van der Waals surface area contributed by atoms with Gasteiger partial charge in [0.1, 0.15) is 0 Å². The fourth-order valence-electron chi connectivity index (χ4n) is 2.03. The maximum absolute atomic E-state index is 9.47. The molecule has 2 fully saturated rings. The number of aliphatic hydroxyl groups excluding tert-OH is 1. The summed E-state index contributed by atoms with van der Waals surface area (Å²) >= 11 is 0. The normalized spacial score (nSPS) is 47.5. The monoisotopic (exact) mass is 171 g/mol. The van der Waals surface area contributed by atoms with Gasteiger partial charge >= 0.3 is 0 Å². The van der Waals surface area contributed by atoms with E-state index in [4.69, 9.17) is 10.5 Å². The summed E-state index contributed by atoms with van der Waals surface area (Å²) in [4.78, 5) is 0. The van der Waals surface area contributed by atoms with Crippen molar-refractivity contribution in [3.63, 3.8) is 0 Å². The van der Waals surface area contributed by atoms with Crippen molar-refractivity contribution in [1.29, 1.82) is 0 Å². The number of rotatable bonds is 2. The molecule has 12 heavy (non-hydrogen) atoms. The second-order valence-corrected chi connectivity index (χ2v) is 4.03. The third-order valence-electron chi connectivity index (χ3n) is 2.92. The van der Waals surface area contributed by atoms with Crippen LogP contribution in [-0.4, -0.2) is 29.5 Å². The van der Waals surface area contributed by atoms with E-state index >= 15 is 0 Å². The highest BCUT2D eigenvalue weighted by molar-refractivity contribution is 4.86. The SMILES string of the molecule is NC1CC(OC2CCCC2O)C1. The van der Waals surface area contributed by atoms with E-state index in [0.717, 1.165) is 32.1 Å². The molecule has 2 aliphatic rings. The van der Waals surface area contributed by atoms with E-state index < -0.39 is 0 Å². The molecule has 3 heteroatoms. The average molecular weight is 171 g/mol. The Morgan fingerprint density at radius 3 is 2.50 bits per heavy atom.